The predicted molar refractivity (Wildman–Crippen MR) is 113 cm³/mol. The van der Waals surface area contributed by atoms with Crippen molar-refractivity contribution >= 4 is 37.7 Å². The first-order valence-electron chi connectivity index (χ1n) is 8.71. The van der Waals surface area contributed by atoms with Gasteiger partial charge in [0.25, 0.3) is 0 Å². The third-order valence-electron chi connectivity index (χ3n) is 7.45. The average molecular weight is 373 g/mol. The fourth-order valence-electron chi connectivity index (χ4n) is 3.59. The van der Waals surface area contributed by atoms with E-state index in [2.05, 4.69) is 95.4 Å². The van der Waals surface area contributed by atoms with Crippen LogP contribution in [0.25, 0.3) is 0 Å². The van der Waals surface area contributed by atoms with Crippen molar-refractivity contribution in [3.8, 4) is 0 Å². The van der Waals surface area contributed by atoms with Gasteiger partial charge in [0.2, 0.25) is 0 Å². The van der Waals surface area contributed by atoms with Crippen LogP contribution in [0.1, 0.15) is 54.4 Å². The maximum Gasteiger partial charge on any atom is 0.0818 e. The van der Waals surface area contributed by atoms with Gasteiger partial charge in [-0.1, -0.05) is 101 Å². The lowest BCUT2D eigenvalue weighted by molar-refractivity contribution is 0.610. The molecule has 0 nitrogen and oxygen atoms in total. The highest BCUT2D eigenvalue weighted by molar-refractivity contribution is 8.78. The smallest absolute Gasteiger partial charge is 0.0818 e. The molecule has 0 aromatic rings. The zero-order valence-electron chi connectivity index (χ0n) is 16.4. The molecule has 4 heteroatoms. The molecule has 1 saturated heterocycles. The normalized spacial score (nSPS) is 30.5. The number of rotatable bonds is 2. The van der Waals surface area contributed by atoms with Crippen LogP contribution in [-0.2, 0) is 0 Å². The lowest BCUT2D eigenvalue weighted by Crippen LogP contribution is -2.58. The van der Waals surface area contributed by atoms with E-state index in [1.165, 1.54) is 12.8 Å². The average Bonchev–Trinajstić information content (AvgIpc) is 2.65. The quantitative estimate of drug-likeness (QED) is 0.368. The van der Waals surface area contributed by atoms with Crippen LogP contribution in [0.5, 0.6) is 0 Å². The molecule has 0 aromatic carbocycles. The van der Waals surface area contributed by atoms with Crippen molar-refractivity contribution < 1.29 is 0 Å². The molecular formula is C18H36S2Si2. The molecule has 2 unspecified atom stereocenters. The molecule has 128 valence electrons. The minimum Gasteiger partial charge on any atom is -0.0895 e. The van der Waals surface area contributed by atoms with Gasteiger partial charge in [-0.05, 0) is 22.9 Å². The van der Waals surface area contributed by atoms with Gasteiger partial charge in [-0.2, -0.15) is 0 Å². The van der Waals surface area contributed by atoms with Gasteiger partial charge in [0.1, 0.15) is 0 Å². The van der Waals surface area contributed by atoms with Gasteiger partial charge in [0, 0.05) is 9.62 Å². The summed E-state index contributed by atoms with van der Waals surface area (Å²) in [5, 5.41) is 3.61. The Morgan fingerprint density at radius 1 is 1.00 bits per heavy atom. The van der Waals surface area contributed by atoms with E-state index in [9.17, 15) is 0 Å². The van der Waals surface area contributed by atoms with Crippen molar-refractivity contribution in [2.24, 2.45) is 0 Å². The van der Waals surface area contributed by atoms with Gasteiger partial charge in [0.15, 0.2) is 0 Å². The van der Waals surface area contributed by atoms with Crippen molar-refractivity contribution in [3.63, 3.8) is 0 Å². The largest absolute Gasteiger partial charge is 0.0895 e. The second kappa shape index (κ2) is 5.44. The SMILES string of the molecule is CC(C)(C)[Si](C)(C)C1=CCC2([Si](C)(C)C(C)(C)C)CC1SS2. The molecule has 0 aromatic heterocycles. The monoisotopic (exact) mass is 372 g/mol. The Balaban J connectivity index is 2.38. The summed E-state index contributed by atoms with van der Waals surface area (Å²) in [4.78, 5) is 0. The highest BCUT2D eigenvalue weighted by Gasteiger charge is 2.60. The number of allylic oxidation sites excluding steroid dienone is 1. The van der Waals surface area contributed by atoms with Crippen LogP contribution >= 0.6 is 21.6 Å². The number of hydrogen-bond acceptors (Lipinski definition) is 2. The van der Waals surface area contributed by atoms with E-state index in [1.807, 2.05) is 5.20 Å². The minimum absolute atomic E-state index is 0.462. The second-order valence-corrected chi connectivity index (χ2v) is 24.7. The van der Waals surface area contributed by atoms with Gasteiger partial charge in [-0.25, -0.2) is 0 Å². The lowest BCUT2D eigenvalue weighted by atomic mass is 10.1. The Labute approximate surface area is 149 Å². The van der Waals surface area contributed by atoms with Crippen LogP contribution in [0.3, 0.4) is 0 Å². The molecular weight excluding hydrogens is 337 g/mol. The molecule has 2 bridgehead atoms. The van der Waals surface area contributed by atoms with Gasteiger partial charge < -0.3 is 0 Å². The van der Waals surface area contributed by atoms with E-state index in [1.54, 1.807) is 0 Å². The predicted octanol–water partition coefficient (Wildman–Crippen LogP) is 7.30. The Bertz CT molecular complexity index is 480. The third-order valence-corrected chi connectivity index (χ3v) is 25.5. The highest BCUT2D eigenvalue weighted by Crippen LogP contribution is 2.66. The van der Waals surface area contributed by atoms with Crippen molar-refractivity contribution in [1.29, 1.82) is 0 Å². The van der Waals surface area contributed by atoms with Crippen LogP contribution in [0, 0.1) is 0 Å². The lowest BCUT2D eigenvalue weighted by Gasteiger charge is -2.52. The van der Waals surface area contributed by atoms with Gasteiger partial charge >= 0.3 is 0 Å². The van der Waals surface area contributed by atoms with E-state index in [0.29, 0.717) is 14.4 Å². The van der Waals surface area contributed by atoms with Crippen LogP contribution in [0.4, 0.5) is 0 Å². The second-order valence-electron chi connectivity index (χ2n) is 10.5. The van der Waals surface area contributed by atoms with Gasteiger partial charge in [0.05, 0.1) is 16.1 Å². The number of hydrogen-bond donors (Lipinski definition) is 0. The van der Waals surface area contributed by atoms with E-state index in [4.69, 9.17) is 0 Å². The van der Waals surface area contributed by atoms with E-state index < -0.39 is 16.1 Å². The summed E-state index contributed by atoms with van der Waals surface area (Å²) in [6.07, 6.45) is 5.50. The molecule has 1 heterocycles. The van der Waals surface area contributed by atoms with Gasteiger partial charge in [-0.15, -0.1) is 0 Å². The standard InChI is InChI=1S/C18H36S2Si2/c1-16(2,3)21(7,8)15-11-12-18(13-14(15)19-20-18)22(9,10)17(4,5)6/h11,14H,12-13H2,1-10H3. The molecule has 0 spiro atoms. The number of fused-ring (bicyclic) bond motifs is 2. The Morgan fingerprint density at radius 2 is 1.55 bits per heavy atom. The molecule has 0 amide bonds. The molecule has 1 aliphatic heterocycles. The van der Waals surface area contributed by atoms with Crippen LogP contribution in [0.2, 0.25) is 36.3 Å². The molecule has 0 saturated carbocycles. The van der Waals surface area contributed by atoms with Crippen molar-refractivity contribution in [2.75, 3.05) is 0 Å². The first-order chi connectivity index (χ1) is 9.66. The first-order valence-corrected chi connectivity index (χ1v) is 16.9. The first kappa shape index (κ1) is 19.2. The van der Waals surface area contributed by atoms with Crippen molar-refractivity contribution in [2.45, 2.75) is 100 Å². The molecule has 0 radical (unpaired) electrons. The maximum absolute atomic E-state index is 2.72. The fraction of sp³-hybridized carbons (Fsp3) is 0.889. The zero-order valence-corrected chi connectivity index (χ0v) is 20.0. The molecule has 1 aliphatic carbocycles. The van der Waals surface area contributed by atoms with Crippen molar-refractivity contribution in [1.82, 2.24) is 0 Å². The van der Waals surface area contributed by atoms with Gasteiger partial charge in [-0.3, -0.25) is 0 Å². The van der Waals surface area contributed by atoms with Crippen LogP contribution < -0.4 is 0 Å². The molecule has 2 rings (SSSR count). The molecule has 2 aliphatic rings. The van der Waals surface area contributed by atoms with E-state index >= 15 is 0 Å². The topological polar surface area (TPSA) is 0 Å². The molecule has 0 N–H and O–H groups in total. The fourth-order valence-corrected chi connectivity index (χ4v) is 17.4. The summed E-state index contributed by atoms with van der Waals surface area (Å²) in [7, 11) is 1.81. The summed E-state index contributed by atoms with van der Waals surface area (Å²) in [5.74, 6) is 0. The summed E-state index contributed by atoms with van der Waals surface area (Å²) in [6, 6.07) is 0. The summed E-state index contributed by atoms with van der Waals surface area (Å²) in [6.45, 7) is 25.3. The Hall–Kier alpha value is 0.874. The Kier molecular flexibility index (Phi) is 4.74. The molecule has 1 fully saturated rings. The highest BCUT2D eigenvalue weighted by atomic mass is 33.1. The van der Waals surface area contributed by atoms with Crippen LogP contribution in [0.15, 0.2) is 11.3 Å². The summed E-state index contributed by atoms with van der Waals surface area (Å²) >= 11 is 0. The molecule has 22 heavy (non-hydrogen) atoms. The Morgan fingerprint density at radius 3 is 2.00 bits per heavy atom. The summed E-state index contributed by atoms with van der Waals surface area (Å²) < 4.78 is 0.562. The van der Waals surface area contributed by atoms with E-state index in [-0.39, 0.29) is 0 Å². The molecule has 2 atom stereocenters. The summed E-state index contributed by atoms with van der Waals surface area (Å²) in [5.41, 5.74) is 0. The minimum atomic E-state index is -1.36. The maximum atomic E-state index is 2.72. The zero-order chi connectivity index (χ0) is 17.2. The van der Waals surface area contributed by atoms with E-state index in [0.717, 1.165) is 5.25 Å². The van der Waals surface area contributed by atoms with Crippen LogP contribution in [-0.4, -0.2) is 25.8 Å². The third kappa shape index (κ3) is 2.74. The van der Waals surface area contributed by atoms with Crippen molar-refractivity contribution in [3.05, 3.63) is 11.3 Å².